The minimum atomic E-state index is -1.02. The minimum absolute atomic E-state index is 0.172. The maximum atomic E-state index is 12.0. The van der Waals surface area contributed by atoms with Gasteiger partial charge in [-0.25, -0.2) is 4.79 Å². The third kappa shape index (κ3) is 5.67. The average molecular weight is 277 g/mol. The Morgan fingerprint density at radius 3 is 2.75 bits per heavy atom. The van der Waals surface area contributed by atoms with Crippen molar-refractivity contribution in [2.75, 3.05) is 20.3 Å². The molecule has 0 fully saturated rings. The smallest absolute Gasteiger partial charge is 0.328 e. The maximum absolute atomic E-state index is 12.0. The van der Waals surface area contributed by atoms with Crippen LogP contribution < -0.4 is 5.32 Å². The van der Waals surface area contributed by atoms with Crippen molar-refractivity contribution < 1.29 is 19.4 Å². The molecular weight excluding hydrogens is 258 g/mol. The van der Waals surface area contributed by atoms with Crippen molar-refractivity contribution in [2.24, 2.45) is 0 Å². The lowest BCUT2D eigenvalue weighted by Crippen LogP contribution is -2.25. The second-order valence-electron chi connectivity index (χ2n) is 4.41. The molecule has 0 aromatic heterocycles. The summed E-state index contributed by atoms with van der Waals surface area (Å²) in [5.74, 6) is -1.19. The number of rotatable bonds is 7. The van der Waals surface area contributed by atoms with E-state index in [4.69, 9.17) is 9.84 Å². The van der Waals surface area contributed by atoms with Gasteiger partial charge in [0, 0.05) is 31.9 Å². The van der Waals surface area contributed by atoms with Crippen molar-refractivity contribution >= 4 is 18.0 Å². The number of nitrogens with one attached hydrogen (secondary N) is 1. The Morgan fingerprint density at radius 1 is 1.35 bits per heavy atom. The quantitative estimate of drug-likeness (QED) is 0.589. The zero-order chi connectivity index (χ0) is 15.0. The normalized spacial score (nSPS) is 10.7. The van der Waals surface area contributed by atoms with Crippen LogP contribution >= 0.6 is 0 Å². The van der Waals surface area contributed by atoms with Gasteiger partial charge in [-0.2, -0.15) is 0 Å². The lowest BCUT2D eigenvalue weighted by Gasteiger charge is -2.07. The number of hydrogen-bond acceptors (Lipinski definition) is 3. The van der Waals surface area contributed by atoms with Gasteiger partial charge in [-0.1, -0.05) is 6.07 Å². The highest BCUT2D eigenvalue weighted by Gasteiger charge is 2.06. The summed E-state index contributed by atoms with van der Waals surface area (Å²) in [6, 6.07) is 5.25. The fourth-order valence-electron chi connectivity index (χ4n) is 1.73. The molecule has 0 spiro atoms. The molecule has 0 saturated carbocycles. The van der Waals surface area contributed by atoms with Gasteiger partial charge < -0.3 is 15.2 Å². The molecular formula is C15H19NO4. The van der Waals surface area contributed by atoms with Crippen LogP contribution in [0.3, 0.4) is 0 Å². The highest BCUT2D eigenvalue weighted by Crippen LogP contribution is 2.11. The molecule has 0 heterocycles. The summed E-state index contributed by atoms with van der Waals surface area (Å²) < 4.78 is 4.91. The molecule has 0 radical (unpaired) electrons. The molecule has 2 N–H and O–H groups in total. The Balaban J connectivity index is 2.74. The van der Waals surface area contributed by atoms with Gasteiger partial charge in [0.15, 0.2) is 0 Å². The van der Waals surface area contributed by atoms with E-state index in [1.54, 1.807) is 19.2 Å². The van der Waals surface area contributed by atoms with Gasteiger partial charge in [-0.3, -0.25) is 4.79 Å². The third-order valence-electron chi connectivity index (χ3n) is 2.59. The van der Waals surface area contributed by atoms with Crippen LogP contribution in [0, 0.1) is 6.92 Å². The molecule has 0 unspecified atom stereocenters. The number of carboxylic acids is 1. The largest absolute Gasteiger partial charge is 0.478 e. The highest BCUT2D eigenvalue weighted by atomic mass is 16.5. The first-order valence-electron chi connectivity index (χ1n) is 6.33. The number of benzene rings is 1. The van der Waals surface area contributed by atoms with Gasteiger partial charge in [0.1, 0.15) is 0 Å². The lowest BCUT2D eigenvalue weighted by atomic mass is 10.1. The molecule has 0 saturated heterocycles. The fourth-order valence-corrected chi connectivity index (χ4v) is 1.73. The number of ether oxygens (including phenoxy) is 1. The Labute approximate surface area is 118 Å². The van der Waals surface area contributed by atoms with Gasteiger partial charge in [-0.15, -0.1) is 0 Å². The van der Waals surface area contributed by atoms with Crippen molar-refractivity contribution in [2.45, 2.75) is 13.3 Å². The van der Waals surface area contributed by atoms with E-state index >= 15 is 0 Å². The number of hydrogen-bond donors (Lipinski definition) is 2. The van der Waals surface area contributed by atoms with E-state index < -0.39 is 5.97 Å². The summed E-state index contributed by atoms with van der Waals surface area (Å²) in [7, 11) is 1.61. The molecule has 108 valence electrons. The van der Waals surface area contributed by atoms with E-state index in [1.165, 1.54) is 6.08 Å². The Kier molecular flexibility index (Phi) is 6.46. The maximum Gasteiger partial charge on any atom is 0.328 e. The number of methoxy groups -OCH3 is 1. The predicted octanol–water partition coefficient (Wildman–Crippen LogP) is 1.86. The van der Waals surface area contributed by atoms with Crippen LogP contribution in [0.25, 0.3) is 6.08 Å². The number of aryl methyl sites for hydroxylation is 1. The molecule has 1 aromatic carbocycles. The molecule has 0 aliphatic rings. The SMILES string of the molecule is COCCCNC(=O)c1cc(C)cc(/C=C/C(=O)O)c1. The molecule has 0 aliphatic heterocycles. The second-order valence-corrected chi connectivity index (χ2v) is 4.41. The first kappa shape index (κ1) is 15.9. The van der Waals surface area contributed by atoms with Crippen molar-refractivity contribution in [3.63, 3.8) is 0 Å². The molecule has 5 nitrogen and oxygen atoms in total. The number of carboxylic acid groups (broad SMARTS) is 1. The zero-order valence-electron chi connectivity index (χ0n) is 11.7. The molecule has 0 atom stereocenters. The first-order valence-corrected chi connectivity index (χ1v) is 6.33. The van der Waals surface area contributed by atoms with Crippen LogP contribution in [-0.4, -0.2) is 37.2 Å². The standard InChI is InChI=1S/C15H19NO4/c1-11-8-12(4-5-14(17)18)10-13(9-11)15(19)16-6-3-7-20-2/h4-5,8-10H,3,6-7H2,1-2H3,(H,16,19)(H,17,18)/b5-4+. The Hall–Kier alpha value is -2.14. The molecule has 1 amide bonds. The number of carbonyl (C=O) groups is 2. The van der Waals surface area contributed by atoms with E-state index in [1.807, 2.05) is 13.0 Å². The second kappa shape index (κ2) is 8.12. The first-order chi connectivity index (χ1) is 9.52. The summed E-state index contributed by atoms with van der Waals surface area (Å²) in [6.07, 6.45) is 3.27. The third-order valence-corrected chi connectivity index (χ3v) is 2.59. The molecule has 0 aliphatic carbocycles. The van der Waals surface area contributed by atoms with E-state index in [0.29, 0.717) is 24.3 Å². The topological polar surface area (TPSA) is 75.6 Å². The van der Waals surface area contributed by atoms with Crippen LogP contribution in [-0.2, 0) is 9.53 Å². The van der Waals surface area contributed by atoms with Crippen LogP contribution in [0.1, 0.15) is 27.9 Å². The van der Waals surface area contributed by atoms with Gasteiger partial charge >= 0.3 is 5.97 Å². The summed E-state index contributed by atoms with van der Waals surface area (Å²) in [6.45, 7) is 3.00. The Bertz CT molecular complexity index is 509. The zero-order valence-corrected chi connectivity index (χ0v) is 11.7. The van der Waals surface area contributed by atoms with E-state index in [-0.39, 0.29) is 5.91 Å². The van der Waals surface area contributed by atoms with Gasteiger partial charge in [0.2, 0.25) is 0 Å². The predicted molar refractivity (Wildman–Crippen MR) is 76.7 cm³/mol. The number of amides is 1. The highest BCUT2D eigenvalue weighted by molar-refractivity contribution is 5.95. The number of carbonyl (C=O) groups excluding carboxylic acids is 1. The monoisotopic (exact) mass is 277 g/mol. The fraction of sp³-hybridized carbons (Fsp3) is 0.333. The van der Waals surface area contributed by atoms with Crippen LogP contribution in [0.5, 0.6) is 0 Å². The Morgan fingerprint density at radius 2 is 2.10 bits per heavy atom. The molecule has 5 heteroatoms. The van der Waals surface area contributed by atoms with Gasteiger partial charge in [0.05, 0.1) is 0 Å². The average Bonchev–Trinajstić information content (AvgIpc) is 2.40. The number of aliphatic carboxylic acids is 1. The van der Waals surface area contributed by atoms with Gasteiger partial charge in [0.25, 0.3) is 5.91 Å². The van der Waals surface area contributed by atoms with Crippen LogP contribution in [0.15, 0.2) is 24.3 Å². The van der Waals surface area contributed by atoms with Crippen LogP contribution in [0.4, 0.5) is 0 Å². The summed E-state index contributed by atoms with van der Waals surface area (Å²) >= 11 is 0. The van der Waals surface area contributed by atoms with E-state index in [9.17, 15) is 9.59 Å². The summed E-state index contributed by atoms with van der Waals surface area (Å²) in [4.78, 5) is 22.5. The van der Waals surface area contributed by atoms with E-state index in [2.05, 4.69) is 5.32 Å². The lowest BCUT2D eigenvalue weighted by molar-refractivity contribution is -0.131. The minimum Gasteiger partial charge on any atom is -0.478 e. The summed E-state index contributed by atoms with van der Waals surface area (Å²) in [5.41, 5.74) is 2.11. The van der Waals surface area contributed by atoms with Crippen molar-refractivity contribution in [1.29, 1.82) is 0 Å². The van der Waals surface area contributed by atoms with Crippen molar-refractivity contribution in [1.82, 2.24) is 5.32 Å². The van der Waals surface area contributed by atoms with Crippen molar-refractivity contribution in [3.05, 3.63) is 41.0 Å². The molecule has 1 rings (SSSR count). The molecule has 1 aromatic rings. The van der Waals surface area contributed by atoms with Gasteiger partial charge in [-0.05, 0) is 42.7 Å². The molecule has 0 bridgehead atoms. The molecule has 20 heavy (non-hydrogen) atoms. The van der Waals surface area contributed by atoms with Crippen molar-refractivity contribution in [3.8, 4) is 0 Å². The van der Waals surface area contributed by atoms with Crippen LogP contribution in [0.2, 0.25) is 0 Å². The van der Waals surface area contributed by atoms with E-state index in [0.717, 1.165) is 18.1 Å². The summed E-state index contributed by atoms with van der Waals surface area (Å²) in [5, 5.41) is 11.4.